The number of rotatable bonds is 4. The first-order valence-electron chi connectivity index (χ1n) is 8.26. The van der Waals surface area contributed by atoms with Gasteiger partial charge < -0.3 is 0 Å². The maximum absolute atomic E-state index is 4.57. The van der Waals surface area contributed by atoms with E-state index in [9.17, 15) is 0 Å². The molecule has 0 saturated heterocycles. The molecule has 0 amide bonds. The van der Waals surface area contributed by atoms with Crippen molar-refractivity contribution in [3.63, 3.8) is 0 Å². The Morgan fingerprint density at radius 1 is 1.04 bits per heavy atom. The second-order valence-electron chi connectivity index (χ2n) is 5.84. The van der Waals surface area contributed by atoms with Crippen LogP contribution in [-0.4, -0.2) is 20.7 Å². The minimum Gasteiger partial charge on any atom is -0.260 e. The minimum absolute atomic E-state index is 0.709. The molecule has 0 radical (unpaired) electrons. The summed E-state index contributed by atoms with van der Waals surface area (Å²) in [6, 6.07) is 18.2. The van der Waals surface area contributed by atoms with Crippen molar-refractivity contribution in [3.05, 3.63) is 72.3 Å². The number of fused-ring (bicyclic) bond motifs is 1. The molecule has 0 aliphatic rings. The lowest BCUT2D eigenvalue weighted by molar-refractivity contribution is 1.08. The van der Waals surface area contributed by atoms with Crippen LogP contribution in [0.25, 0.3) is 20.7 Å². The lowest BCUT2D eigenvalue weighted by Gasteiger charge is -2.04. The zero-order valence-electron chi connectivity index (χ0n) is 14.5. The molecule has 4 rings (SSSR count). The molecule has 5 nitrogen and oxygen atoms in total. The smallest absolute Gasteiger partial charge is 0.158 e. The molecule has 0 aliphatic carbocycles. The van der Waals surface area contributed by atoms with Crippen LogP contribution in [-0.2, 0) is 0 Å². The quantitative estimate of drug-likeness (QED) is 0.416. The lowest BCUT2D eigenvalue weighted by Crippen LogP contribution is -2.03. The molecular formula is C20H17N5S. The van der Waals surface area contributed by atoms with Gasteiger partial charge in [0.15, 0.2) is 5.82 Å². The molecule has 0 aliphatic heterocycles. The van der Waals surface area contributed by atoms with Crippen LogP contribution in [0.3, 0.4) is 0 Å². The number of hydrogen-bond acceptors (Lipinski definition) is 6. The van der Waals surface area contributed by atoms with Gasteiger partial charge >= 0.3 is 0 Å². The molecule has 26 heavy (non-hydrogen) atoms. The van der Waals surface area contributed by atoms with Gasteiger partial charge in [0.2, 0.25) is 0 Å². The second-order valence-corrected chi connectivity index (χ2v) is 6.87. The molecule has 0 saturated carbocycles. The molecule has 4 aromatic rings. The molecule has 0 bridgehead atoms. The van der Waals surface area contributed by atoms with Crippen LogP contribution in [0.2, 0.25) is 0 Å². The van der Waals surface area contributed by atoms with E-state index in [-0.39, 0.29) is 0 Å². The second kappa shape index (κ2) is 7.01. The monoisotopic (exact) mass is 359 g/mol. The zero-order chi connectivity index (χ0) is 17.9. The topological polar surface area (TPSA) is 63.1 Å². The number of anilines is 1. The van der Waals surface area contributed by atoms with Gasteiger partial charge in [0.05, 0.1) is 16.8 Å². The summed E-state index contributed by atoms with van der Waals surface area (Å²) >= 11 is 1.66. The van der Waals surface area contributed by atoms with Crippen molar-refractivity contribution >= 4 is 33.1 Å². The Labute approximate surface area is 155 Å². The van der Waals surface area contributed by atoms with Crippen molar-refractivity contribution in [1.82, 2.24) is 15.0 Å². The van der Waals surface area contributed by atoms with Crippen LogP contribution in [0.4, 0.5) is 5.82 Å². The van der Waals surface area contributed by atoms with Crippen molar-refractivity contribution in [2.45, 2.75) is 13.8 Å². The van der Waals surface area contributed by atoms with Crippen LogP contribution in [0.15, 0.2) is 65.9 Å². The van der Waals surface area contributed by atoms with E-state index in [4.69, 9.17) is 0 Å². The summed E-state index contributed by atoms with van der Waals surface area (Å²) in [6.45, 7) is 3.81. The fraction of sp³-hybridized carbons (Fsp3) is 0.100. The third-order valence-corrected chi connectivity index (χ3v) is 5.01. The van der Waals surface area contributed by atoms with Gasteiger partial charge in [-0.25, -0.2) is 9.97 Å². The Morgan fingerprint density at radius 3 is 2.62 bits per heavy atom. The maximum atomic E-state index is 4.57. The molecule has 0 atom stereocenters. The fourth-order valence-electron chi connectivity index (χ4n) is 2.63. The van der Waals surface area contributed by atoms with E-state index in [2.05, 4.69) is 43.7 Å². The van der Waals surface area contributed by atoms with Crippen LogP contribution >= 0.6 is 11.3 Å². The van der Waals surface area contributed by atoms with E-state index in [0.717, 1.165) is 26.5 Å². The van der Waals surface area contributed by atoms with Gasteiger partial charge in [-0.15, -0.1) is 11.3 Å². The predicted octanol–water partition coefficient (Wildman–Crippen LogP) is 4.90. The van der Waals surface area contributed by atoms with Gasteiger partial charge in [0.1, 0.15) is 10.7 Å². The molecule has 3 heterocycles. The molecule has 1 N–H and O–H groups in total. The summed E-state index contributed by atoms with van der Waals surface area (Å²) in [7, 11) is 0. The van der Waals surface area contributed by atoms with Gasteiger partial charge in [0.25, 0.3) is 0 Å². The molecule has 0 unspecified atom stereocenters. The van der Waals surface area contributed by atoms with Crippen molar-refractivity contribution < 1.29 is 0 Å². The van der Waals surface area contributed by atoms with E-state index in [0.29, 0.717) is 11.6 Å². The van der Waals surface area contributed by atoms with Gasteiger partial charge in [-0.3, -0.25) is 10.4 Å². The number of hydrogen-bond donors (Lipinski definition) is 1. The molecule has 128 valence electrons. The van der Waals surface area contributed by atoms with Crippen molar-refractivity contribution in [3.8, 4) is 10.4 Å². The third kappa shape index (κ3) is 3.32. The molecule has 0 fully saturated rings. The van der Waals surface area contributed by atoms with Crippen LogP contribution in [0.5, 0.6) is 0 Å². The number of nitrogens with one attached hydrogen (secondary N) is 1. The van der Waals surface area contributed by atoms with Crippen LogP contribution in [0, 0.1) is 6.92 Å². The SMILES string of the molecule is C/C(=N/Nc1nc(C)nc2sc(-c3ccccc3)cc12)c1ccccn1. The summed E-state index contributed by atoms with van der Waals surface area (Å²) in [5.74, 6) is 1.42. The normalized spacial score (nSPS) is 11.7. The molecule has 1 aromatic carbocycles. The van der Waals surface area contributed by atoms with E-state index >= 15 is 0 Å². The number of hydrazone groups is 1. The van der Waals surface area contributed by atoms with E-state index in [1.165, 1.54) is 5.56 Å². The molecule has 3 aromatic heterocycles. The Morgan fingerprint density at radius 2 is 1.85 bits per heavy atom. The number of benzene rings is 1. The summed E-state index contributed by atoms with van der Waals surface area (Å²) in [6.07, 6.45) is 1.76. The van der Waals surface area contributed by atoms with Crippen molar-refractivity contribution in [2.75, 3.05) is 5.43 Å². The standard InChI is InChI=1S/C20H17N5S/c1-13(17-10-6-7-11-21-17)24-25-19-16-12-18(15-8-4-3-5-9-15)26-20(16)23-14(2)22-19/h3-12H,1-2H3,(H,22,23,25)/b24-13-. The minimum atomic E-state index is 0.709. The average molecular weight is 359 g/mol. The van der Waals surface area contributed by atoms with Crippen LogP contribution in [0.1, 0.15) is 18.4 Å². The van der Waals surface area contributed by atoms with Crippen molar-refractivity contribution in [1.29, 1.82) is 0 Å². The first-order valence-corrected chi connectivity index (χ1v) is 9.07. The Balaban J connectivity index is 1.72. The van der Waals surface area contributed by atoms with Gasteiger partial charge in [-0.2, -0.15) is 5.10 Å². The Bertz CT molecular complexity index is 1070. The molecule has 0 spiro atoms. The first kappa shape index (κ1) is 16.4. The fourth-order valence-corrected chi connectivity index (χ4v) is 3.71. The van der Waals surface area contributed by atoms with E-state index in [1.54, 1.807) is 17.5 Å². The van der Waals surface area contributed by atoms with Gasteiger partial charge in [-0.1, -0.05) is 36.4 Å². The zero-order valence-corrected chi connectivity index (χ0v) is 15.3. The highest BCUT2D eigenvalue weighted by Gasteiger charge is 2.11. The third-order valence-electron chi connectivity index (χ3n) is 3.93. The number of nitrogens with zero attached hydrogens (tertiary/aromatic N) is 4. The highest BCUT2D eigenvalue weighted by atomic mass is 32.1. The number of aromatic nitrogens is 3. The predicted molar refractivity (Wildman–Crippen MR) is 108 cm³/mol. The maximum Gasteiger partial charge on any atom is 0.158 e. The number of aryl methyl sites for hydroxylation is 1. The molecule has 6 heteroatoms. The highest BCUT2D eigenvalue weighted by Crippen LogP contribution is 2.35. The first-order chi connectivity index (χ1) is 12.7. The van der Waals surface area contributed by atoms with Crippen molar-refractivity contribution in [2.24, 2.45) is 5.10 Å². The number of thiophene rings is 1. The van der Waals surface area contributed by atoms with E-state index < -0.39 is 0 Å². The summed E-state index contributed by atoms with van der Waals surface area (Å²) < 4.78 is 0. The largest absolute Gasteiger partial charge is 0.260 e. The summed E-state index contributed by atoms with van der Waals surface area (Å²) in [5, 5.41) is 5.43. The van der Waals surface area contributed by atoms with Gasteiger partial charge in [0, 0.05) is 11.1 Å². The lowest BCUT2D eigenvalue weighted by atomic mass is 10.2. The van der Waals surface area contributed by atoms with E-state index in [1.807, 2.05) is 50.2 Å². The highest BCUT2D eigenvalue weighted by molar-refractivity contribution is 7.21. The Kier molecular flexibility index (Phi) is 4.41. The average Bonchev–Trinajstić information content (AvgIpc) is 3.11. The van der Waals surface area contributed by atoms with Gasteiger partial charge in [-0.05, 0) is 37.6 Å². The summed E-state index contributed by atoms with van der Waals surface area (Å²) in [4.78, 5) is 15.5. The summed E-state index contributed by atoms with van der Waals surface area (Å²) in [5.41, 5.74) is 5.90. The Hall–Kier alpha value is -3.12. The van der Waals surface area contributed by atoms with Crippen LogP contribution < -0.4 is 5.43 Å². The molecular weight excluding hydrogens is 342 g/mol. The number of pyridine rings is 1.